The summed E-state index contributed by atoms with van der Waals surface area (Å²) < 4.78 is 18.8. The smallest absolute Gasteiger partial charge is 0.230 e. The Morgan fingerprint density at radius 1 is 1.35 bits per heavy atom. The van der Waals surface area contributed by atoms with Crippen molar-refractivity contribution < 1.29 is 19.0 Å². The van der Waals surface area contributed by atoms with Crippen molar-refractivity contribution in [2.24, 2.45) is 0 Å². The number of amides is 1. The number of benzene rings is 1. The van der Waals surface area contributed by atoms with Crippen molar-refractivity contribution in [3.05, 3.63) is 35.6 Å². The molecule has 0 aliphatic rings. The van der Waals surface area contributed by atoms with E-state index in [4.69, 9.17) is 9.84 Å². The van der Waals surface area contributed by atoms with Crippen LogP contribution in [0.1, 0.15) is 25.8 Å². The normalized spacial score (nSPS) is 11.4. The van der Waals surface area contributed by atoms with Crippen LogP contribution in [0.3, 0.4) is 0 Å². The molecule has 0 aliphatic heterocycles. The number of hydrogen-bond acceptors (Lipinski definition) is 3. The average Bonchev–Trinajstić information content (AvgIpc) is 2.42. The van der Waals surface area contributed by atoms with Crippen LogP contribution in [0.25, 0.3) is 0 Å². The Labute approximate surface area is 119 Å². The minimum atomic E-state index is -0.919. The van der Waals surface area contributed by atoms with Gasteiger partial charge in [0.25, 0.3) is 0 Å². The van der Waals surface area contributed by atoms with Crippen molar-refractivity contribution in [2.45, 2.75) is 25.7 Å². The molecule has 2 N–H and O–H groups in total. The van der Waals surface area contributed by atoms with Crippen LogP contribution in [0.5, 0.6) is 0 Å². The Hall–Kier alpha value is -1.46. The maximum absolute atomic E-state index is 13.7. The summed E-state index contributed by atoms with van der Waals surface area (Å²) in [6, 6.07) is 6.30. The van der Waals surface area contributed by atoms with E-state index in [0.717, 1.165) is 0 Å². The van der Waals surface area contributed by atoms with E-state index >= 15 is 0 Å². The maximum atomic E-state index is 13.7. The van der Waals surface area contributed by atoms with Crippen LogP contribution in [0.4, 0.5) is 4.39 Å². The van der Waals surface area contributed by atoms with Crippen LogP contribution in [0.15, 0.2) is 24.3 Å². The molecule has 0 fully saturated rings. The molecule has 1 amide bonds. The van der Waals surface area contributed by atoms with E-state index in [2.05, 4.69) is 5.32 Å². The highest BCUT2D eigenvalue weighted by molar-refractivity contribution is 5.87. The van der Waals surface area contributed by atoms with E-state index in [1.165, 1.54) is 6.07 Å². The fraction of sp³-hybridized carbons (Fsp3) is 0.533. The molecule has 0 bridgehead atoms. The van der Waals surface area contributed by atoms with Crippen molar-refractivity contribution in [1.29, 1.82) is 0 Å². The fourth-order valence-corrected chi connectivity index (χ4v) is 1.85. The van der Waals surface area contributed by atoms with Crippen molar-refractivity contribution in [3.63, 3.8) is 0 Å². The second kappa shape index (κ2) is 7.97. The summed E-state index contributed by atoms with van der Waals surface area (Å²) in [7, 11) is 0. The van der Waals surface area contributed by atoms with Crippen LogP contribution in [-0.4, -0.2) is 37.4 Å². The Morgan fingerprint density at radius 2 is 2.05 bits per heavy atom. The number of aliphatic hydroxyl groups excluding tert-OH is 1. The van der Waals surface area contributed by atoms with Gasteiger partial charge in [0.15, 0.2) is 0 Å². The van der Waals surface area contributed by atoms with Gasteiger partial charge >= 0.3 is 0 Å². The first-order valence-corrected chi connectivity index (χ1v) is 6.72. The molecule has 112 valence electrons. The largest absolute Gasteiger partial charge is 0.394 e. The van der Waals surface area contributed by atoms with E-state index in [-0.39, 0.29) is 18.3 Å². The lowest BCUT2D eigenvalue weighted by atomic mass is 9.83. The lowest BCUT2D eigenvalue weighted by Crippen LogP contribution is -2.41. The summed E-state index contributed by atoms with van der Waals surface area (Å²) in [5.74, 6) is -0.594. The minimum Gasteiger partial charge on any atom is -0.394 e. The molecule has 1 aromatic carbocycles. The molecule has 0 aromatic heterocycles. The number of nitrogens with one attached hydrogen (secondary N) is 1. The highest BCUT2D eigenvalue weighted by Gasteiger charge is 2.31. The third-order valence-electron chi connectivity index (χ3n) is 3.10. The number of aliphatic hydroxyl groups is 1. The molecule has 1 rings (SSSR count). The van der Waals surface area contributed by atoms with E-state index in [1.807, 2.05) is 0 Å². The number of ether oxygens (including phenoxy) is 1. The van der Waals surface area contributed by atoms with Crippen LogP contribution in [-0.2, 0) is 14.9 Å². The second-order valence-corrected chi connectivity index (χ2v) is 5.05. The van der Waals surface area contributed by atoms with E-state index < -0.39 is 5.41 Å². The van der Waals surface area contributed by atoms with Gasteiger partial charge in [-0.1, -0.05) is 18.2 Å². The lowest BCUT2D eigenvalue weighted by Gasteiger charge is -2.24. The SMILES string of the molecule is CC(C)(C(=O)NCCCOCCO)c1ccccc1F. The second-order valence-electron chi connectivity index (χ2n) is 5.05. The van der Waals surface area contributed by atoms with Gasteiger partial charge in [0.2, 0.25) is 5.91 Å². The van der Waals surface area contributed by atoms with Gasteiger partial charge in [-0.25, -0.2) is 4.39 Å². The molecule has 0 aliphatic carbocycles. The average molecular weight is 283 g/mol. The summed E-state index contributed by atoms with van der Waals surface area (Å²) >= 11 is 0. The van der Waals surface area contributed by atoms with Crippen LogP contribution >= 0.6 is 0 Å². The van der Waals surface area contributed by atoms with Crippen LogP contribution in [0, 0.1) is 5.82 Å². The summed E-state index contributed by atoms with van der Waals surface area (Å²) in [6.07, 6.45) is 0.652. The van der Waals surface area contributed by atoms with Crippen LogP contribution in [0.2, 0.25) is 0 Å². The first-order valence-electron chi connectivity index (χ1n) is 6.72. The van der Waals surface area contributed by atoms with E-state index in [9.17, 15) is 9.18 Å². The number of halogens is 1. The Morgan fingerprint density at radius 3 is 2.70 bits per heavy atom. The van der Waals surface area contributed by atoms with Gasteiger partial charge in [-0.2, -0.15) is 0 Å². The van der Waals surface area contributed by atoms with E-state index in [1.54, 1.807) is 32.0 Å². The van der Waals surface area contributed by atoms with Gasteiger partial charge in [-0.15, -0.1) is 0 Å². The van der Waals surface area contributed by atoms with Gasteiger partial charge in [0, 0.05) is 18.7 Å². The zero-order valence-electron chi connectivity index (χ0n) is 12.0. The van der Waals surface area contributed by atoms with Gasteiger partial charge in [-0.05, 0) is 26.3 Å². The van der Waals surface area contributed by atoms with Gasteiger partial charge < -0.3 is 15.2 Å². The summed E-state index contributed by atoms with van der Waals surface area (Å²) in [4.78, 5) is 12.1. The van der Waals surface area contributed by atoms with Crippen molar-refractivity contribution >= 4 is 5.91 Å². The quantitative estimate of drug-likeness (QED) is 0.713. The molecule has 4 nitrogen and oxygen atoms in total. The summed E-state index contributed by atoms with van der Waals surface area (Å²) in [6.45, 7) is 4.62. The van der Waals surface area contributed by atoms with Gasteiger partial charge in [-0.3, -0.25) is 4.79 Å². The monoisotopic (exact) mass is 283 g/mol. The van der Waals surface area contributed by atoms with Crippen molar-refractivity contribution in [2.75, 3.05) is 26.4 Å². The number of rotatable bonds is 8. The topological polar surface area (TPSA) is 58.6 Å². The van der Waals surface area contributed by atoms with Crippen molar-refractivity contribution in [1.82, 2.24) is 5.32 Å². The zero-order chi connectivity index (χ0) is 15.0. The molecule has 0 atom stereocenters. The standard InChI is InChI=1S/C15H22FNO3/c1-15(2,12-6-3-4-7-13(12)16)14(19)17-8-5-10-20-11-9-18/h3-4,6-7,18H,5,8-11H2,1-2H3,(H,17,19). The van der Waals surface area contributed by atoms with Gasteiger partial charge in [0.1, 0.15) is 5.82 Å². The molecule has 0 radical (unpaired) electrons. The molecule has 0 saturated carbocycles. The molecule has 20 heavy (non-hydrogen) atoms. The van der Waals surface area contributed by atoms with E-state index in [0.29, 0.717) is 31.7 Å². The highest BCUT2D eigenvalue weighted by atomic mass is 19.1. The maximum Gasteiger partial charge on any atom is 0.230 e. The third-order valence-corrected chi connectivity index (χ3v) is 3.10. The molecular formula is C15H22FNO3. The van der Waals surface area contributed by atoms with Crippen molar-refractivity contribution in [3.8, 4) is 0 Å². The predicted molar refractivity (Wildman–Crippen MR) is 75.0 cm³/mol. The highest BCUT2D eigenvalue weighted by Crippen LogP contribution is 2.25. The molecule has 0 heterocycles. The molecule has 1 aromatic rings. The minimum absolute atomic E-state index is 0.00727. The Kier molecular flexibility index (Phi) is 6.61. The molecule has 0 saturated heterocycles. The molecule has 0 spiro atoms. The van der Waals surface area contributed by atoms with Gasteiger partial charge in [0.05, 0.1) is 18.6 Å². The first-order chi connectivity index (χ1) is 9.50. The number of carbonyl (C=O) groups excluding carboxylic acids is 1. The molecule has 5 heteroatoms. The first kappa shape index (κ1) is 16.6. The van der Waals surface area contributed by atoms with Crippen LogP contribution < -0.4 is 5.32 Å². The summed E-state index contributed by atoms with van der Waals surface area (Å²) in [5, 5.41) is 11.3. The Bertz CT molecular complexity index is 435. The number of hydrogen-bond donors (Lipinski definition) is 2. The molecule has 0 unspecified atom stereocenters. The third kappa shape index (κ3) is 4.58. The predicted octanol–water partition coefficient (Wildman–Crippen LogP) is 1.62. The zero-order valence-corrected chi connectivity index (χ0v) is 12.0. The molecular weight excluding hydrogens is 261 g/mol. The fourth-order valence-electron chi connectivity index (χ4n) is 1.85. The Balaban J connectivity index is 2.47. The number of carbonyl (C=O) groups is 1. The lowest BCUT2D eigenvalue weighted by molar-refractivity contribution is -0.125. The summed E-state index contributed by atoms with van der Waals surface area (Å²) in [5.41, 5.74) is -0.536.